The van der Waals surface area contributed by atoms with Gasteiger partial charge in [0.15, 0.2) is 0 Å². The highest BCUT2D eigenvalue weighted by molar-refractivity contribution is 5.95. The predicted molar refractivity (Wildman–Crippen MR) is 91.9 cm³/mol. The molecule has 2 N–H and O–H groups in total. The molecule has 1 heterocycles. The van der Waals surface area contributed by atoms with Crippen molar-refractivity contribution in [3.05, 3.63) is 30.3 Å². The number of nitrogens with zero attached hydrogens (tertiary/aromatic N) is 2. The van der Waals surface area contributed by atoms with Gasteiger partial charge in [-0.05, 0) is 64.3 Å². The number of piperidine rings is 1. The Hall–Kier alpha value is -1.39. The summed E-state index contributed by atoms with van der Waals surface area (Å²) in [6.45, 7) is 7.41. The number of hydrogen-bond donors (Lipinski definition) is 1. The smallest absolute Gasteiger partial charge is 0.241 e. The molecule has 1 unspecified atom stereocenters. The summed E-state index contributed by atoms with van der Waals surface area (Å²) in [6, 6.07) is 10.1. The van der Waals surface area contributed by atoms with Crippen LogP contribution in [-0.4, -0.2) is 43.0 Å². The highest BCUT2D eigenvalue weighted by Crippen LogP contribution is 2.21. The van der Waals surface area contributed by atoms with Crippen molar-refractivity contribution in [3.8, 4) is 0 Å². The highest BCUT2D eigenvalue weighted by atomic mass is 16.2. The largest absolute Gasteiger partial charge is 0.330 e. The van der Waals surface area contributed by atoms with Crippen molar-refractivity contribution < 1.29 is 4.79 Å². The van der Waals surface area contributed by atoms with Crippen LogP contribution in [0.2, 0.25) is 0 Å². The Morgan fingerprint density at radius 1 is 1.36 bits per heavy atom. The van der Waals surface area contributed by atoms with E-state index >= 15 is 0 Å². The fourth-order valence-electron chi connectivity index (χ4n) is 3.35. The van der Waals surface area contributed by atoms with E-state index in [2.05, 4.69) is 18.7 Å². The van der Waals surface area contributed by atoms with Gasteiger partial charge in [-0.1, -0.05) is 18.2 Å². The van der Waals surface area contributed by atoms with Crippen LogP contribution in [-0.2, 0) is 4.79 Å². The molecule has 4 heteroatoms. The van der Waals surface area contributed by atoms with Crippen LogP contribution >= 0.6 is 0 Å². The zero-order valence-corrected chi connectivity index (χ0v) is 13.9. The van der Waals surface area contributed by atoms with Crippen molar-refractivity contribution in [2.24, 2.45) is 11.7 Å². The third kappa shape index (κ3) is 4.55. The third-order valence-corrected chi connectivity index (χ3v) is 4.36. The lowest BCUT2D eigenvalue weighted by Gasteiger charge is -2.34. The van der Waals surface area contributed by atoms with Gasteiger partial charge in [-0.2, -0.15) is 0 Å². The van der Waals surface area contributed by atoms with Gasteiger partial charge in [0.2, 0.25) is 5.91 Å². The van der Waals surface area contributed by atoms with Gasteiger partial charge in [-0.25, -0.2) is 0 Å². The first kappa shape index (κ1) is 17.0. The molecule has 1 fully saturated rings. The zero-order chi connectivity index (χ0) is 15.9. The Morgan fingerprint density at radius 3 is 2.73 bits per heavy atom. The van der Waals surface area contributed by atoms with E-state index in [4.69, 9.17) is 5.73 Å². The zero-order valence-electron chi connectivity index (χ0n) is 13.9. The number of rotatable bonds is 6. The van der Waals surface area contributed by atoms with Crippen LogP contribution in [0.5, 0.6) is 0 Å². The van der Waals surface area contributed by atoms with Gasteiger partial charge >= 0.3 is 0 Å². The predicted octanol–water partition coefficient (Wildman–Crippen LogP) is 2.49. The van der Waals surface area contributed by atoms with Crippen molar-refractivity contribution in [1.29, 1.82) is 0 Å². The Kier molecular flexibility index (Phi) is 6.40. The third-order valence-electron chi connectivity index (χ3n) is 4.36. The second-order valence-electron chi connectivity index (χ2n) is 6.51. The quantitative estimate of drug-likeness (QED) is 0.878. The van der Waals surface area contributed by atoms with Gasteiger partial charge in [-0.3, -0.25) is 9.69 Å². The molecule has 0 spiro atoms. The molecule has 0 bridgehead atoms. The molecular formula is C18H29N3O. The van der Waals surface area contributed by atoms with Crippen molar-refractivity contribution in [2.75, 3.05) is 31.1 Å². The highest BCUT2D eigenvalue weighted by Gasteiger charge is 2.25. The molecule has 1 aromatic rings. The topological polar surface area (TPSA) is 49.6 Å². The summed E-state index contributed by atoms with van der Waals surface area (Å²) in [5.74, 6) is 0.838. The first-order chi connectivity index (χ1) is 10.6. The first-order valence-corrected chi connectivity index (χ1v) is 8.41. The Labute approximate surface area is 134 Å². The molecule has 0 aliphatic carbocycles. The normalized spacial score (nSPS) is 19.4. The van der Waals surface area contributed by atoms with Crippen LogP contribution < -0.4 is 10.6 Å². The van der Waals surface area contributed by atoms with E-state index in [1.54, 1.807) is 0 Å². The van der Waals surface area contributed by atoms with E-state index in [0.29, 0.717) is 12.5 Å². The summed E-state index contributed by atoms with van der Waals surface area (Å²) in [5, 5.41) is 0. The summed E-state index contributed by atoms with van der Waals surface area (Å²) in [5.41, 5.74) is 6.66. The monoisotopic (exact) mass is 303 g/mol. The molecule has 1 atom stereocenters. The van der Waals surface area contributed by atoms with Crippen LogP contribution in [0.15, 0.2) is 30.3 Å². The van der Waals surface area contributed by atoms with Gasteiger partial charge in [0, 0.05) is 18.3 Å². The fourth-order valence-corrected chi connectivity index (χ4v) is 3.35. The second kappa shape index (κ2) is 8.30. The van der Waals surface area contributed by atoms with E-state index < -0.39 is 0 Å². The summed E-state index contributed by atoms with van der Waals surface area (Å²) in [4.78, 5) is 17.0. The second-order valence-corrected chi connectivity index (χ2v) is 6.51. The minimum Gasteiger partial charge on any atom is -0.330 e. The summed E-state index contributed by atoms with van der Waals surface area (Å²) in [7, 11) is 0. The fraction of sp³-hybridized carbons (Fsp3) is 0.611. The SMILES string of the molecule is CC(C)N(C(=O)CN1CCCC(CCN)C1)c1ccccc1. The molecule has 0 radical (unpaired) electrons. The molecule has 1 aliphatic rings. The molecule has 2 rings (SSSR count). The number of carbonyl (C=O) groups excluding carboxylic acids is 1. The molecule has 1 aromatic carbocycles. The van der Waals surface area contributed by atoms with Gasteiger partial charge in [0.1, 0.15) is 0 Å². The van der Waals surface area contributed by atoms with Crippen molar-refractivity contribution >= 4 is 11.6 Å². The van der Waals surface area contributed by atoms with Crippen LogP contribution in [0, 0.1) is 5.92 Å². The van der Waals surface area contributed by atoms with Gasteiger partial charge in [0.25, 0.3) is 0 Å². The lowest BCUT2D eigenvalue weighted by Crippen LogP contribution is -2.46. The molecule has 0 saturated carbocycles. The number of carbonyl (C=O) groups is 1. The van der Waals surface area contributed by atoms with Crippen LogP contribution in [0.4, 0.5) is 5.69 Å². The Balaban J connectivity index is 1.99. The Bertz CT molecular complexity index is 459. The van der Waals surface area contributed by atoms with E-state index in [0.717, 1.165) is 31.7 Å². The maximum atomic E-state index is 12.8. The van der Waals surface area contributed by atoms with Crippen molar-refractivity contribution in [3.63, 3.8) is 0 Å². The van der Waals surface area contributed by atoms with Gasteiger partial charge in [0.05, 0.1) is 6.54 Å². The molecule has 22 heavy (non-hydrogen) atoms. The number of anilines is 1. The number of para-hydroxylation sites is 1. The molecular weight excluding hydrogens is 274 g/mol. The molecule has 4 nitrogen and oxygen atoms in total. The summed E-state index contributed by atoms with van der Waals surface area (Å²) in [6.07, 6.45) is 3.48. The van der Waals surface area contributed by atoms with E-state index in [1.807, 2.05) is 35.2 Å². The number of likely N-dealkylation sites (tertiary alicyclic amines) is 1. The van der Waals surface area contributed by atoms with Crippen LogP contribution in [0.3, 0.4) is 0 Å². The first-order valence-electron chi connectivity index (χ1n) is 8.41. The molecule has 1 amide bonds. The van der Waals surface area contributed by atoms with Crippen molar-refractivity contribution in [2.45, 2.75) is 39.2 Å². The number of hydrogen-bond acceptors (Lipinski definition) is 3. The van der Waals surface area contributed by atoms with Crippen molar-refractivity contribution in [1.82, 2.24) is 4.90 Å². The lowest BCUT2D eigenvalue weighted by molar-refractivity contribution is -0.120. The number of nitrogens with two attached hydrogens (primary N) is 1. The minimum absolute atomic E-state index is 0.166. The van der Waals surface area contributed by atoms with Crippen LogP contribution in [0.1, 0.15) is 33.1 Å². The molecule has 1 saturated heterocycles. The molecule has 0 aromatic heterocycles. The average molecular weight is 303 g/mol. The van der Waals surface area contributed by atoms with E-state index in [-0.39, 0.29) is 11.9 Å². The number of benzene rings is 1. The molecule has 122 valence electrons. The summed E-state index contributed by atoms with van der Waals surface area (Å²) < 4.78 is 0. The summed E-state index contributed by atoms with van der Waals surface area (Å²) >= 11 is 0. The van der Waals surface area contributed by atoms with E-state index in [9.17, 15) is 4.79 Å². The van der Waals surface area contributed by atoms with Gasteiger partial charge in [-0.15, -0.1) is 0 Å². The lowest BCUT2D eigenvalue weighted by atomic mass is 9.95. The molecule has 1 aliphatic heterocycles. The maximum Gasteiger partial charge on any atom is 0.241 e. The van der Waals surface area contributed by atoms with Crippen LogP contribution in [0.25, 0.3) is 0 Å². The Morgan fingerprint density at radius 2 is 2.09 bits per heavy atom. The standard InChI is InChI=1S/C18H29N3O/c1-15(2)21(17-8-4-3-5-9-17)18(22)14-20-12-6-7-16(13-20)10-11-19/h3-5,8-9,15-16H,6-7,10-14,19H2,1-2H3. The average Bonchev–Trinajstić information content (AvgIpc) is 2.48. The minimum atomic E-state index is 0.166. The maximum absolute atomic E-state index is 12.8. The number of amides is 1. The van der Waals surface area contributed by atoms with E-state index in [1.165, 1.54) is 12.8 Å². The van der Waals surface area contributed by atoms with Gasteiger partial charge < -0.3 is 10.6 Å².